The van der Waals surface area contributed by atoms with Crippen LogP contribution in [-0.2, 0) is 18.3 Å². The Morgan fingerprint density at radius 3 is 2.73 bits per heavy atom. The second kappa shape index (κ2) is 11.4. The Hall–Kier alpha value is -2.50. The molecule has 2 aliphatic carbocycles. The summed E-state index contributed by atoms with van der Waals surface area (Å²) in [6.07, 6.45) is 12.7. The monoisotopic (exact) mass is 544 g/mol. The van der Waals surface area contributed by atoms with Crippen molar-refractivity contribution in [2.45, 2.75) is 101 Å². The van der Waals surface area contributed by atoms with E-state index < -0.39 is 0 Å². The number of unbranched alkanes of at least 4 members (excludes halogenated alkanes) is 3. The topological polar surface area (TPSA) is 45.2 Å². The maximum atomic E-state index is 11.2. The average Bonchev–Trinajstić information content (AvgIpc) is 3.30. The normalized spacial score (nSPS) is 28.4. The van der Waals surface area contributed by atoms with E-state index in [-0.39, 0.29) is 11.5 Å². The Labute approximate surface area is 241 Å². The second-order valence-corrected chi connectivity index (χ2v) is 12.9. The molecule has 216 valence electrons. The molecule has 2 bridgehead atoms. The fraction of sp³-hybridized carbons (Fsp3) is 0.600. The van der Waals surface area contributed by atoms with Gasteiger partial charge in [-0.3, -0.25) is 9.80 Å². The van der Waals surface area contributed by atoms with Crippen LogP contribution in [0.2, 0.25) is 0 Å². The lowest BCUT2D eigenvalue weighted by Gasteiger charge is -2.60. The van der Waals surface area contributed by atoms with Gasteiger partial charge >= 0.3 is 0 Å². The zero-order valence-corrected chi connectivity index (χ0v) is 24.8. The average molecular weight is 545 g/mol. The fourth-order valence-corrected chi connectivity index (χ4v) is 8.96. The molecule has 0 aromatic heterocycles. The van der Waals surface area contributed by atoms with Gasteiger partial charge in [-0.15, -0.1) is 6.58 Å². The van der Waals surface area contributed by atoms with Crippen LogP contribution in [0.3, 0.4) is 0 Å². The van der Waals surface area contributed by atoms with Gasteiger partial charge in [0.2, 0.25) is 0 Å². The molecule has 4 aliphatic rings. The molecule has 2 aromatic rings. The summed E-state index contributed by atoms with van der Waals surface area (Å²) in [5, 5.41) is 11.2. The van der Waals surface area contributed by atoms with Crippen molar-refractivity contribution >= 4 is 0 Å². The van der Waals surface area contributed by atoms with Crippen LogP contribution in [0.5, 0.6) is 17.2 Å². The molecule has 2 aliphatic heterocycles. The lowest BCUT2D eigenvalue weighted by atomic mass is 9.50. The highest BCUT2D eigenvalue weighted by Gasteiger charge is 2.66. The predicted molar refractivity (Wildman–Crippen MR) is 162 cm³/mol. The molecule has 5 nitrogen and oxygen atoms in total. The second-order valence-electron chi connectivity index (χ2n) is 12.9. The number of aryl methyl sites for hydroxylation is 1. The van der Waals surface area contributed by atoms with Gasteiger partial charge in [0, 0.05) is 47.3 Å². The molecule has 6 rings (SSSR count). The smallest absolute Gasteiger partial charge is 0.166 e. The number of phenols is 1. The van der Waals surface area contributed by atoms with Crippen molar-refractivity contribution in [3.8, 4) is 17.2 Å². The van der Waals surface area contributed by atoms with Crippen molar-refractivity contribution in [1.29, 1.82) is 0 Å². The van der Waals surface area contributed by atoms with Crippen LogP contribution in [0.15, 0.2) is 49.1 Å². The fourth-order valence-electron chi connectivity index (χ4n) is 8.96. The van der Waals surface area contributed by atoms with E-state index in [2.05, 4.69) is 60.6 Å². The SMILES string of the molecule is C=CCN1CC[C@]23c4c5c(O)cc(OC)c4O[C@H]2[C@@H](N(CCCCCCc2ccccc2)C(C)C)CC[C@H]3[C@H]1C5. The molecule has 1 saturated heterocycles. The molecule has 5 atom stereocenters. The van der Waals surface area contributed by atoms with Gasteiger partial charge in [-0.2, -0.15) is 0 Å². The summed E-state index contributed by atoms with van der Waals surface area (Å²) in [6, 6.07) is 13.9. The Balaban J connectivity index is 1.23. The molecule has 40 heavy (non-hydrogen) atoms. The van der Waals surface area contributed by atoms with Crippen LogP contribution in [0.1, 0.15) is 75.5 Å². The summed E-state index contributed by atoms with van der Waals surface area (Å²) in [7, 11) is 1.70. The summed E-state index contributed by atoms with van der Waals surface area (Å²) < 4.78 is 12.9. The lowest BCUT2D eigenvalue weighted by Crippen LogP contribution is -2.69. The molecule has 0 amide bonds. The highest BCUT2D eigenvalue weighted by atomic mass is 16.5. The van der Waals surface area contributed by atoms with Gasteiger partial charge in [0.15, 0.2) is 11.5 Å². The van der Waals surface area contributed by atoms with Gasteiger partial charge in [-0.1, -0.05) is 49.2 Å². The Kier molecular flexibility index (Phi) is 7.89. The highest BCUT2D eigenvalue weighted by molar-refractivity contribution is 5.65. The maximum Gasteiger partial charge on any atom is 0.166 e. The predicted octanol–water partition coefficient (Wildman–Crippen LogP) is 6.51. The number of piperidine rings is 1. The zero-order valence-electron chi connectivity index (χ0n) is 24.8. The van der Waals surface area contributed by atoms with E-state index >= 15 is 0 Å². The van der Waals surface area contributed by atoms with Gasteiger partial charge in [0.05, 0.1) is 7.11 Å². The number of hydrogen-bond donors (Lipinski definition) is 1. The first-order valence-electron chi connectivity index (χ1n) is 15.7. The molecule has 0 unspecified atom stereocenters. The van der Waals surface area contributed by atoms with Gasteiger partial charge in [0.25, 0.3) is 0 Å². The lowest BCUT2D eigenvalue weighted by molar-refractivity contribution is -0.0915. The number of phenolic OH excluding ortho intramolecular Hbond substituents is 1. The van der Waals surface area contributed by atoms with E-state index in [9.17, 15) is 5.11 Å². The molecule has 1 spiro atoms. The minimum Gasteiger partial charge on any atom is -0.508 e. The molecular formula is C35H48N2O3. The summed E-state index contributed by atoms with van der Waals surface area (Å²) in [5.74, 6) is 2.52. The number of aromatic hydroxyl groups is 1. The zero-order chi connectivity index (χ0) is 27.9. The van der Waals surface area contributed by atoms with E-state index in [1.54, 1.807) is 13.2 Å². The molecule has 1 saturated carbocycles. The quantitative estimate of drug-likeness (QED) is 0.244. The molecule has 5 heteroatoms. The van der Waals surface area contributed by atoms with Crippen LogP contribution in [-0.4, -0.2) is 65.9 Å². The maximum absolute atomic E-state index is 11.2. The van der Waals surface area contributed by atoms with Crippen molar-refractivity contribution in [1.82, 2.24) is 9.80 Å². The first kappa shape index (κ1) is 27.7. The Bertz CT molecular complexity index is 1200. The number of likely N-dealkylation sites (tertiary alicyclic amines) is 1. The van der Waals surface area contributed by atoms with E-state index in [0.29, 0.717) is 35.5 Å². The third kappa shape index (κ3) is 4.54. The summed E-state index contributed by atoms with van der Waals surface area (Å²) >= 11 is 0. The molecule has 2 heterocycles. The number of benzene rings is 2. The standard InChI is InChI=1S/C35H48N2O3/c1-5-19-36-21-18-35-27-16-17-28(37(24(2)3)20-12-7-6-9-13-25-14-10-8-11-15-25)34(35)40-33-31(39-4)23-30(38)26(32(33)35)22-29(27)36/h5,8,10-11,14-15,23-24,27-29,34,38H,1,6-7,9,12-13,16-22H2,2-4H3/t27-,28-,29+,34-,35-/m0/s1. The van der Waals surface area contributed by atoms with Crippen molar-refractivity contribution in [3.63, 3.8) is 0 Å². The summed E-state index contributed by atoms with van der Waals surface area (Å²) in [6.45, 7) is 11.8. The van der Waals surface area contributed by atoms with Crippen LogP contribution >= 0.6 is 0 Å². The van der Waals surface area contributed by atoms with Gasteiger partial charge in [-0.05, 0) is 83.4 Å². The summed E-state index contributed by atoms with van der Waals surface area (Å²) in [5.41, 5.74) is 3.78. The highest BCUT2D eigenvalue weighted by Crippen LogP contribution is 2.65. The molecule has 2 fully saturated rings. The minimum atomic E-state index is -0.0526. The van der Waals surface area contributed by atoms with Crippen LogP contribution in [0, 0.1) is 5.92 Å². The Morgan fingerprint density at radius 2 is 1.98 bits per heavy atom. The number of ether oxygens (including phenoxy) is 2. The summed E-state index contributed by atoms with van der Waals surface area (Å²) in [4.78, 5) is 5.37. The van der Waals surface area contributed by atoms with Gasteiger partial charge < -0.3 is 14.6 Å². The van der Waals surface area contributed by atoms with E-state index in [0.717, 1.165) is 43.8 Å². The van der Waals surface area contributed by atoms with Crippen molar-refractivity contribution in [2.75, 3.05) is 26.7 Å². The van der Waals surface area contributed by atoms with E-state index in [1.165, 1.54) is 56.1 Å². The largest absolute Gasteiger partial charge is 0.508 e. The van der Waals surface area contributed by atoms with Gasteiger partial charge in [-0.25, -0.2) is 0 Å². The molecular weight excluding hydrogens is 496 g/mol. The van der Waals surface area contributed by atoms with Crippen LogP contribution < -0.4 is 9.47 Å². The number of hydrogen-bond acceptors (Lipinski definition) is 5. The number of rotatable bonds is 12. The minimum absolute atomic E-state index is 0.0526. The van der Waals surface area contributed by atoms with Crippen LogP contribution in [0.25, 0.3) is 0 Å². The van der Waals surface area contributed by atoms with Gasteiger partial charge in [0.1, 0.15) is 11.9 Å². The number of methoxy groups -OCH3 is 1. The van der Waals surface area contributed by atoms with E-state index in [1.807, 2.05) is 6.08 Å². The van der Waals surface area contributed by atoms with Crippen molar-refractivity contribution in [2.24, 2.45) is 5.92 Å². The van der Waals surface area contributed by atoms with E-state index in [4.69, 9.17) is 9.47 Å². The molecule has 2 aromatic carbocycles. The van der Waals surface area contributed by atoms with Crippen molar-refractivity contribution in [3.05, 3.63) is 65.7 Å². The third-order valence-corrected chi connectivity index (χ3v) is 10.6. The molecule has 0 radical (unpaired) electrons. The van der Waals surface area contributed by atoms with Crippen LogP contribution in [0.4, 0.5) is 0 Å². The first-order chi connectivity index (χ1) is 19.5. The first-order valence-corrected chi connectivity index (χ1v) is 15.7. The Morgan fingerprint density at radius 1 is 1.18 bits per heavy atom. The molecule has 1 N–H and O–H groups in total. The van der Waals surface area contributed by atoms with Crippen molar-refractivity contribution < 1.29 is 14.6 Å². The number of nitrogens with zero attached hydrogens (tertiary/aromatic N) is 2. The third-order valence-electron chi connectivity index (χ3n) is 10.6.